The fourth-order valence-corrected chi connectivity index (χ4v) is 13.3. The number of phenols is 1. The average molecular weight is 1140 g/mol. The third kappa shape index (κ3) is 10.9. The smallest absolute Gasteiger partial charge is 0.274 e. The van der Waals surface area contributed by atoms with Gasteiger partial charge in [0.1, 0.15) is 76.8 Å². The highest BCUT2D eigenvalue weighted by molar-refractivity contribution is 7.14. The first-order chi connectivity index (χ1) is 37.7. The Balaban J connectivity index is 0.998. The summed E-state index contributed by atoms with van der Waals surface area (Å²) >= 11 is 6.06. The maximum atomic E-state index is 14.9. The van der Waals surface area contributed by atoms with Crippen LogP contribution in [0.25, 0.3) is 44.2 Å². The summed E-state index contributed by atoms with van der Waals surface area (Å²) in [6, 6.07) is 15.9. The van der Waals surface area contributed by atoms with Gasteiger partial charge in [0.05, 0.1) is 35.8 Å². The highest BCUT2D eigenvalue weighted by Crippen LogP contribution is 2.40. The van der Waals surface area contributed by atoms with E-state index in [-0.39, 0.29) is 70.4 Å². The van der Waals surface area contributed by atoms with Crippen molar-refractivity contribution in [2.75, 3.05) is 6.54 Å². The first-order valence-corrected chi connectivity index (χ1v) is 28.5. The number of oxazole rings is 1. The minimum atomic E-state index is -1.09. The van der Waals surface area contributed by atoms with Gasteiger partial charge in [-0.15, -0.1) is 56.7 Å². The molecule has 0 unspecified atom stereocenters. The molecule has 8 N–H and O–H groups in total. The number of primary amides is 2. The molecule has 7 aromatic heterocycles. The molecular formula is C52H43N13O8S5. The van der Waals surface area contributed by atoms with Gasteiger partial charge in [0.25, 0.3) is 23.6 Å². The fourth-order valence-electron chi connectivity index (χ4n) is 9.01. The average Bonchev–Trinajstić information content (AvgIpc) is 4.36. The van der Waals surface area contributed by atoms with Crippen molar-refractivity contribution in [2.24, 2.45) is 11.5 Å². The molecule has 11 rings (SSSR count). The molecule has 2 aliphatic heterocycles. The highest BCUT2D eigenvalue weighted by atomic mass is 32.1. The molecule has 9 aromatic rings. The van der Waals surface area contributed by atoms with Crippen molar-refractivity contribution in [1.29, 1.82) is 0 Å². The molecule has 6 amide bonds. The number of fused-ring (bicyclic) bond motifs is 16. The quantitative estimate of drug-likeness (QED) is 0.0875. The van der Waals surface area contributed by atoms with E-state index >= 15 is 0 Å². The van der Waals surface area contributed by atoms with Crippen molar-refractivity contribution in [1.82, 2.24) is 55.7 Å². The standard InChI is InChI=1S/C52H43N13O8S5/c1-24-40-45(71)57-31(18-39(53)67)49-62-35(21-77-49)43(69)56-30(16-25-6-3-2-4-7-25)48-61-36(22-76-48)44(70)58-32(17-26-9-11-27(66)12-10-26)52(72)65-15-5-8-38(65)51-63-37(23-78-51)50-59-33(19-74-50)41-28(46(64-40)73-24)13-14-29(55-41)47-60-34(20-75-47)42(54)68/h2-4,6-7,9-14,19-23,30-32,38,66H,5,8,15-18H2,1H3,(H2,53,67)(H2,54,68)(H,56,69)(H,57,71)(H,58,70)/t30-,31-,32-,38-/m0/s1. The molecule has 78 heavy (non-hydrogen) atoms. The van der Waals surface area contributed by atoms with Crippen molar-refractivity contribution >= 4 is 92.1 Å². The van der Waals surface area contributed by atoms with Gasteiger partial charge in [-0.1, -0.05) is 42.5 Å². The van der Waals surface area contributed by atoms with Crippen LogP contribution in [0.3, 0.4) is 0 Å². The number of hydrogen-bond donors (Lipinski definition) is 6. The molecular weight excluding hydrogens is 1090 g/mol. The van der Waals surface area contributed by atoms with Gasteiger partial charge in [0.15, 0.2) is 5.69 Å². The van der Waals surface area contributed by atoms with Crippen LogP contribution in [0.2, 0.25) is 0 Å². The van der Waals surface area contributed by atoms with Crippen LogP contribution in [-0.4, -0.2) is 92.9 Å². The Morgan fingerprint density at radius 3 is 1.96 bits per heavy atom. The van der Waals surface area contributed by atoms with Crippen LogP contribution in [0.15, 0.2) is 98.0 Å². The number of carbonyl (C=O) groups excluding carboxylic acids is 6. The summed E-state index contributed by atoms with van der Waals surface area (Å²) in [7, 11) is 0. The molecule has 4 atom stereocenters. The normalized spacial score (nSPS) is 17.9. The lowest BCUT2D eigenvalue weighted by Crippen LogP contribution is -2.49. The number of aryl methyl sites for hydroxylation is 1. The van der Waals surface area contributed by atoms with E-state index in [1.54, 1.807) is 46.8 Å². The predicted molar refractivity (Wildman–Crippen MR) is 292 cm³/mol. The van der Waals surface area contributed by atoms with Gasteiger partial charge >= 0.3 is 0 Å². The van der Waals surface area contributed by atoms with E-state index in [0.717, 1.165) is 28.2 Å². The molecule has 26 heteroatoms. The number of pyridine rings is 1. The van der Waals surface area contributed by atoms with Crippen molar-refractivity contribution in [3.8, 4) is 50.0 Å². The van der Waals surface area contributed by atoms with Gasteiger partial charge < -0.3 is 41.8 Å². The van der Waals surface area contributed by atoms with E-state index in [9.17, 15) is 33.9 Å². The van der Waals surface area contributed by atoms with E-state index in [2.05, 4.69) is 30.9 Å². The van der Waals surface area contributed by atoms with Crippen LogP contribution in [0.5, 0.6) is 5.75 Å². The number of rotatable bonds is 8. The molecule has 9 heterocycles. The lowest BCUT2D eigenvalue weighted by molar-refractivity contribution is -0.134. The fraction of sp³-hybridized carbons (Fsp3) is 0.212. The first kappa shape index (κ1) is 51.7. The zero-order chi connectivity index (χ0) is 54.2. The van der Waals surface area contributed by atoms with Gasteiger partial charge in [-0.2, -0.15) is 0 Å². The Kier molecular flexibility index (Phi) is 14.5. The maximum absolute atomic E-state index is 14.9. The van der Waals surface area contributed by atoms with Crippen LogP contribution in [0.4, 0.5) is 0 Å². The number of nitrogens with one attached hydrogen (secondary N) is 3. The van der Waals surface area contributed by atoms with Crippen molar-refractivity contribution in [3.63, 3.8) is 0 Å². The van der Waals surface area contributed by atoms with E-state index < -0.39 is 53.7 Å². The summed E-state index contributed by atoms with van der Waals surface area (Å²) in [6.07, 6.45) is 1.30. The molecule has 1 saturated heterocycles. The van der Waals surface area contributed by atoms with Gasteiger partial charge in [-0.05, 0) is 61.6 Å². The van der Waals surface area contributed by atoms with Crippen molar-refractivity contribution in [3.05, 3.63) is 148 Å². The lowest BCUT2D eigenvalue weighted by atomic mass is 10.0. The second-order valence-corrected chi connectivity index (χ2v) is 22.6. The third-order valence-electron chi connectivity index (χ3n) is 12.8. The van der Waals surface area contributed by atoms with Gasteiger partial charge in [-0.25, -0.2) is 34.9 Å². The molecule has 10 bridgehead atoms. The van der Waals surface area contributed by atoms with Crippen LogP contribution in [0.1, 0.15) is 111 Å². The Morgan fingerprint density at radius 1 is 0.628 bits per heavy atom. The highest BCUT2D eigenvalue weighted by Gasteiger charge is 2.38. The Hall–Kier alpha value is -8.43. The zero-order valence-electron chi connectivity index (χ0n) is 40.9. The van der Waals surface area contributed by atoms with Crippen LogP contribution in [0, 0.1) is 6.92 Å². The topological polar surface area (TPSA) is 317 Å². The Labute approximate surface area is 462 Å². The number of thiazole rings is 5. The lowest BCUT2D eigenvalue weighted by Gasteiger charge is -2.28. The molecule has 394 valence electrons. The monoisotopic (exact) mass is 1140 g/mol. The number of aromatic nitrogens is 7. The minimum absolute atomic E-state index is 0.0149. The molecule has 0 aliphatic carbocycles. The molecule has 2 aliphatic rings. The SMILES string of the molecule is Cc1oc2nc1C(=O)N[C@@H](CC(N)=O)c1nc(cs1)C(=O)N[C@@H](Cc1ccccc1)c1nc(cs1)C(=O)N[C@@H](Cc1ccc(O)cc1)C(=O)N1CCC[C@H]1c1nc(cs1)-c1nc(cs1)-c1nc(-c3nc(C(N)=O)cs3)ccc1-2. The summed E-state index contributed by atoms with van der Waals surface area (Å²) in [6.45, 7) is 1.97. The Bertz CT molecular complexity index is 3770. The van der Waals surface area contributed by atoms with Gasteiger partial charge in [-0.3, -0.25) is 28.8 Å². The molecule has 0 spiro atoms. The van der Waals surface area contributed by atoms with Crippen molar-refractivity contribution in [2.45, 2.75) is 63.2 Å². The van der Waals surface area contributed by atoms with Crippen LogP contribution >= 0.6 is 56.7 Å². The third-order valence-corrected chi connectivity index (χ3v) is 17.4. The molecule has 0 saturated carbocycles. The van der Waals surface area contributed by atoms with E-state index in [0.29, 0.717) is 73.3 Å². The number of benzene rings is 2. The maximum Gasteiger partial charge on any atom is 0.274 e. The number of carbonyl (C=O) groups is 6. The number of amides is 6. The van der Waals surface area contributed by atoms with Crippen LogP contribution < -0.4 is 27.4 Å². The summed E-state index contributed by atoms with van der Waals surface area (Å²) in [4.78, 5) is 117. The summed E-state index contributed by atoms with van der Waals surface area (Å²) < 4.78 is 6.18. The number of phenolic OH excluding ortho intramolecular Hbond substituents is 1. The molecule has 1 fully saturated rings. The van der Waals surface area contributed by atoms with E-state index in [4.69, 9.17) is 35.8 Å². The number of hydrogen-bond acceptors (Lipinski definition) is 20. The van der Waals surface area contributed by atoms with Crippen LogP contribution in [-0.2, 0) is 22.4 Å². The first-order valence-electron chi connectivity index (χ1n) is 24.1. The Morgan fingerprint density at radius 2 is 1.24 bits per heavy atom. The summed E-state index contributed by atoms with van der Waals surface area (Å²) in [5, 5.41) is 29.4. The van der Waals surface area contributed by atoms with Crippen molar-refractivity contribution < 1.29 is 38.3 Å². The molecule has 2 aromatic carbocycles. The summed E-state index contributed by atoms with van der Waals surface area (Å²) in [5.74, 6) is -3.50. The second kappa shape index (κ2) is 21.9. The van der Waals surface area contributed by atoms with Gasteiger partial charge in [0.2, 0.25) is 17.7 Å². The van der Waals surface area contributed by atoms with E-state index in [1.165, 1.54) is 56.9 Å². The second-order valence-electron chi connectivity index (χ2n) is 18.2. The number of aromatic hydroxyl groups is 1. The van der Waals surface area contributed by atoms with E-state index in [1.807, 2.05) is 35.7 Å². The zero-order valence-corrected chi connectivity index (χ0v) is 45.0. The molecule has 21 nitrogen and oxygen atoms in total. The summed E-state index contributed by atoms with van der Waals surface area (Å²) in [5.41, 5.74) is 14.8. The number of nitrogens with zero attached hydrogens (tertiary/aromatic N) is 8. The van der Waals surface area contributed by atoms with Gasteiger partial charge in [0, 0.05) is 39.9 Å². The molecule has 0 radical (unpaired) electrons. The minimum Gasteiger partial charge on any atom is -0.508 e. The predicted octanol–water partition coefficient (Wildman–Crippen LogP) is 7.21. The largest absolute Gasteiger partial charge is 0.508 e. The number of nitrogens with two attached hydrogens (primary N) is 2.